The Kier molecular flexibility index (Phi) is 2.26. The van der Waals surface area contributed by atoms with E-state index in [0.717, 1.165) is 5.56 Å². The summed E-state index contributed by atoms with van der Waals surface area (Å²) in [7, 11) is 1.53. The van der Waals surface area contributed by atoms with E-state index in [1.807, 2.05) is 6.07 Å². The standard InChI is InChI=1S/C9H10O2/c1-3-7-4-5-8(10)9(6-7)11-2/h4-6H,1,3H2,2H3/p+1. The highest BCUT2D eigenvalue weighted by Gasteiger charge is 2.01. The van der Waals surface area contributed by atoms with Crippen molar-refractivity contribution in [2.45, 2.75) is 6.42 Å². The van der Waals surface area contributed by atoms with Gasteiger partial charge in [-0.25, -0.2) is 0 Å². The average Bonchev–Trinajstić information content (AvgIpc) is 2.05. The van der Waals surface area contributed by atoms with Crippen molar-refractivity contribution in [2.24, 2.45) is 0 Å². The van der Waals surface area contributed by atoms with Gasteiger partial charge in [-0.2, -0.15) is 0 Å². The molecular weight excluding hydrogens is 140 g/mol. The van der Waals surface area contributed by atoms with Gasteiger partial charge in [0.25, 0.3) is 0 Å². The molecule has 0 atom stereocenters. The molecule has 0 unspecified atom stereocenters. The van der Waals surface area contributed by atoms with E-state index >= 15 is 0 Å². The minimum atomic E-state index is 0.171. The quantitative estimate of drug-likeness (QED) is 0.653. The van der Waals surface area contributed by atoms with E-state index in [4.69, 9.17) is 4.74 Å². The Labute approximate surface area is 66.4 Å². The predicted molar refractivity (Wildman–Crippen MR) is 43.7 cm³/mol. The molecule has 0 spiro atoms. The first-order chi connectivity index (χ1) is 5.27. The molecule has 0 radical (unpaired) electrons. The summed E-state index contributed by atoms with van der Waals surface area (Å²) in [6, 6.07) is 5.21. The van der Waals surface area contributed by atoms with Crippen molar-refractivity contribution in [1.29, 1.82) is 0 Å². The maximum absolute atomic E-state index is 9.19. The number of phenolic OH excluding ortho intramolecular Hbond substituents is 1. The highest BCUT2D eigenvalue weighted by molar-refractivity contribution is 5.41. The fraction of sp³-hybridized carbons (Fsp3) is 0.222. The van der Waals surface area contributed by atoms with E-state index in [-0.39, 0.29) is 5.75 Å². The van der Waals surface area contributed by atoms with Crippen molar-refractivity contribution < 1.29 is 9.84 Å². The Hall–Kier alpha value is -1.31. The molecule has 58 valence electrons. The molecule has 0 heterocycles. The lowest BCUT2D eigenvalue weighted by molar-refractivity contribution is 0.373. The van der Waals surface area contributed by atoms with E-state index in [0.29, 0.717) is 12.2 Å². The smallest absolute Gasteiger partial charge is 0.160 e. The second-order valence-corrected chi connectivity index (χ2v) is 2.26. The Bertz CT molecular complexity index is 243. The first-order valence-electron chi connectivity index (χ1n) is 3.43. The van der Waals surface area contributed by atoms with Crippen molar-refractivity contribution in [3.63, 3.8) is 0 Å². The van der Waals surface area contributed by atoms with Gasteiger partial charge in [-0.05, 0) is 17.7 Å². The molecule has 1 N–H and O–H groups in total. The van der Waals surface area contributed by atoms with Gasteiger partial charge in [0.1, 0.15) is 6.42 Å². The third-order valence-corrected chi connectivity index (χ3v) is 1.53. The van der Waals surface area contributed by atoms with Crippen LogP contribution in [0.5, 0.6) is 11.5 Å². The number of hydrogen-bond acceptors (Lipinski definition) is 2. The first kappa shape index (κ1) is 7.79. The molecule has 0 saturated carbocycles. The van der Waals surface area contributed by atoms with Gasteiger partial charge in [0, 0.05) is 0 Å². The number of benzene rings is 1. The predicted octanol–water partition coefficient (Wildman–Crippen LogP) is 1.78. The third kappa shape index (κ3) is 1.58. The fourth-order valence-electron chi connectivity index (χ4n) is 0.878. The van der Waals surface area contributed by atoms with Crippen LogP contribution in [0.3, 0.4) is 0 Å². The van der Waals surface area contributed by atoms with Gasteiger partial charge in [0.2, 0.25) is 0 Å². The number of aromatic hydroxyl groups is 1. The minimum absolute atomic E-state index is 0.171. The van der Waals surface area contributed by atoms with Crippen LogP contribution in [0.2, 0.25) is 0 Å². The number of hydrogen-bond donors (Lipinski definition) is 1. The van der Waals surface area contributed by atoms with E-state index < -0.39 is 0 Å². The van der Waals surface area contributed by atoms with Crippen molar-refractivity contribution in [1.82, 2.24) is 0 Å². The molecule has 0 aliphatic rings. The van der Waals surface area contributed by atoms with Crippen molar-refractivity contribution in [3.8, 4) is 11.5 Å². The summed E-state index contributed by atoms with van der Waals surface area (Å²) in [6.45, 7) is 3.72. The Balaban J connectivity index is 3.02. The Morgan fingerprint density at radius 2 is 2.27 bits per heavy atom. The zero-order valence-corrected chi connectivity index (χ0v) is 6.50. The Morgan fingerprint density at radius 3 is 2.82 bits per heavy atom. The SMILES string of the molecule is [CH2+]Cc1ccc(O)c(OC)c1. The lowest BCUT2D eigenvalue weighted by Gasteiger charge is -2.02. The normalized spacial score (nSPS) is 9.55. The minimum Gasteiger partial charge on any atom is -0.504 e. The lowest BCUT2D eigenvalue weighted by atomic mass is 10.1. The largest absolute Gasteiger partial charge is 0.504 e. The molecule has 1 rings (SSSR count). The summed E-state index contributed by atoms with van der Waals surface area (Å²) >= 11 is 0. The van der Waals surface area contributed by atoms with Gasteiger partial charge in [0.15, 0.2) is 11.5 Å². The first-order valence-corrected chi connectivity index (χ1v) is 3.43. The number of methoxy groups -OCH3 is 1. The summed E-state index contributed by atoms with van der Waals surface area (Å²) < 4.78 is 4.91. The molecule has 0 aliphatic carbocycles. The molecule has 1 aromatic carbocycles. The monoisotopic (exact) mass is 151 g/mol. The number of phenols is 1. The fourth-order valence-corrected chi connectivity index (χ4v) is 0.878. The summed E-state index contributed by atoms with van der Waals surface area (Å²) in [5.74, 6) is 0.677. The Morgan fingerprint density at radius 1 is 1.55 bits per heavy atom. The van der Waals surface area contributed by atoms with Crippen molar-refractivity contribution >= 4 is 0 Å². The van der Waals surface area contributed by atoms with Crippen molar-refractivity contribution in [2.75, 3.05) is 7.11 Å². The van der Waals surface area contributed by atoms with Crippen LogP contribution >= 0.6 is 0 Å². The maximum Gasteiger partial charge on any atom is 0.160 e. The molecule has 0 aliphatic heterocycles. The van der Waals surface area contributed by atoms with E-state index in [1.165, 1.54) is 7.11 Å². The molecular formula is C9H11O2+. The topological polar surface area (TPSA) is 29.5 Å². The molecule has 0 aromatic heterocycles. The second kappa shape index (κ2) is 3.19. The van der Waals surface area contributed by atoms with E-state index in [9.17, 15) is 5.11 Å². The second-order valence-electron chi connectivity index (χ2n) is 2.26. The summed E-state index contributed by atoms with van der Waals surface area (Å²) in [4.78, 5) is 0. The van der Waals surface area contributed by atoms with Gasteiger partial charge in [0.05, 0.1) is 14.0 Å². The highest BCUT2D eigenvalue weighted by atomic mass is 16.5. The molecule has 2 nitrogen and oxygen atoms in total. The van der Waals surface area contributed by atoms with Crippen LogP contribution in [0.1, 0.15) is 5.56 Å². The van der Waals surface area contributed by atoms with Crippen molar-refractivity contribution in [3.05, 3.63) is 30.7 Å². The van der Waals surface area contributed by atoms with Crippen LogP contribution < -0.4 is 4.74 Å². The van der Waals surface area contributed by atoms with E-state index in [2.05, 4.69) is 6.92 Å². The van der Waals surface area contributed by atoms with Gasteiger partial charge >= 0.3 is 0 Å². The van der Waals surface area contributed by atoms with Gasteiger partial charge in [-0.1, -0.05) is 6.07 Å². The average molecular weight is 151 g/mol. The molecule has 0 fully saturated rings. The molecule has 2 heteroatoms. The van der Waals surface area contributed by atoms with Crippen LogP contribution in [0.25, 0.3) is 0 Å². The number of rotatable bonds is 2. The zero-order chi connectivity index (χ0) is 8.27. The van der Waals surface area contributed by atoms with Gasteiger partial charge in [-0.15, -0.1) is 0 Å². The van der Waals surface area contributed by atoms with Crippen LogP contribution in [0.4, 0.5) is 0 Å². The van der Waals surface area contributed by atoms with Gasteiger partial charge < -0.3 is 9.84 Å². The maximum atomic E-state index is 9.19. The van der Waals surface area contributed by atoms with Crippen LogP contribution in [-0.4, -0.2) is 12.2 Å². The van der Waals surface area contributed by atoms with Crippen LogP contribution in [0, 0.1) is 6.92 Å². The summed E-state index contributed by atoms with van der Waals surface area (Å²) in [5.41, 5.74) is 1.06. The van der Waals surface area contributed by atoms with Gasteiger partial charge in [-0.3, -0.25) is 0 Å². The van der Waals surface area contributed by atoms with E-state index in [1.54, 1.807) is 12.1 Å². The molecule has 0 saturated heterocycles. The lowest BCUT2D eigenvalue weighted by Crippen LogP contribution is -1.86. The summed E-state index contributed by atoms with van der Waals surface area (Å²) in [5, 5.41) is 9.19. The zero-order valence-electron chi connectivity index (χ0n) is 6.50. The molecule has 11 heavy (non-hydrogen) atoms. The number of ether oxygens (including phenoxy) is 1. The van der Waals surface area contributed by atoms with Crippen LogP contribution in [-0.2, 0) is 6.42 Å². The molecule has 0 amide bonds. The highest BCUT2D eigenvalue weighted by Crippen LogP contribution is 2.26. The third-order valence-electron chi connectivity index (χ3n) is 1.53. The summed E-state index contributed by atoms with van der Waals surface area (Å²) in [6.07, 6.45) is 0.705. The van der Waals surface area contributed by atoms with Crippen LogP contribution in [0.15, 0.2) is 18.2 Å². The molecule has 0 bridgehead atoms. The molecule has 1 aromatic rings.